The van der Waals surface area contributed by atoms with Crippen LogP contribution in [0.1, 0.15) is 24.3 Å². The highest BCUT2D eigenvalue weighted by Gasteiger charge is 2.63. The summed E-state index contributed by atoms with van der Waals surface area (Å²) in [6.45, 7) is 0. The van der Waals surface area contributed by atoms with Crippen LogP contribution in [0.3, 0.4) is 0 Å². The quantitative estimate of drug-likeness (QED) is 0.747. The molecular weight excluding hydrogens is 404 g/mol. The molecule has 0 aromatic heterocycles. The largest absolute Gasteiger partial charge is 0.356 e. The van der Waals surface area contributed by atoms with Gasteiger partial charge < -0.3 is 4.90 Å². The Kier molecular flexibility index (Phi) is 4.14. The molecule has 2 aliphatic heterocycles. The van der Waals surface area contributed by atoms with E-state index in [0.717, 1.165) is 22.9 Å². The first kappa shape index (κ1) is 17.5. The van der Waals surface area contributed by atoms with Crippen LogP contribution in [0, 0.1) is 45.3 Å². The van der Waals surface area contributed by atoms with Gasteiger partial charge in [-0.05, 0) is 36.6 Å². The molecule has 4 rings (SSSR count). The summed E-state index contributed by atoms with van der Waals surface area (Å²) < 4.78 is 0.887. The third kappa shape index (κ3) is 2.59. The SMILES string of the molecule is N#CC1=CN2[C@@H](C=C1)C(C#N)(C#N)[C@H](c1ccc(Br)cc1)[C@@H]2C(=O)C1CC1. The Hall–Kier alpha value is -2.88. The fraction of sp³-hybridized carbons (Fsp3) is 0.333. The Balaban J connectivity index is 1.92. The number of ketones is 1. The third-order valence-corrected chi connectivity index (χ3v) is 6.19. The average Bonchev–Trinajstić information content (AvgIpc) is 3.50. The zero-order valence-corrected chi connectivity index (χ0v) is 15.9. The van der Waals surface area contributed by atoms with Crippen molar-refractivity contribution >= 4 is 21.7 Å². The number of halogens is 1. The van der Waals surface area contributed by atoms with Gasteiger partial charge in [-0.25, -0.2) is 0 Å². The van der Waals surface area contributed by atoms with Crippen LogP contribution in [0.25, 0.3) is 0 Å². The van der Waals surface area contributed by atoms with E-state index in [1.807, 2.05) is 24.3 Å². The van der Waals surface area contributed by atoms with Gasteiger partial charge in [0.25, 0.3) is 0 Å². The summed E-state index contributed by atoms with van der Waals surface area (Å²) in [7, 11) is 0. The number of allylic oxidation sites excluding steroid dienone is 2. The minimum Gasteiger partial charge on any atom is -0.356 e. The van der Waals surface area contributed by atoms with Crippen molar-refractivity contribution in [3.05, 3.63) is 58.2 Å². The van der Waals surface area contributed by atoms with Gasteiger partial charge in [0.05, 0.1) is 29.8 Å². The van der Waals surface area contributed by atoms with Crippen molar-refractivity contribution in [2.75, 3.05) is 0 Å². The lowest BCUT2D eigenvalue weighted by molar-refractivity contribution is -0.124. The van der Waals surface area contributed by atoms with E-state index in [9.17, 15) is 20.6 Å². The zero-order valence-electron chi connectivity index (χ0n) is 14.3. The van der Waals surface area contributed by atoms with Gasteiger partial charge in [0, 0.05) is 22.5 Å². The molecule has 1 saturated carbocycles. The van der Waals surface area contributed by atoms with Crippen LogP contribution in [0.4, 0.5) is 0 Å². The number of benzene rings is 1. The minimum absolute atomic E-state index is 0.0216. The molecule has 0 unspecified atom stereocenters. The zero-order chi connectivity index (χ0) is 19.2. The monoisotopic (exact) mass is 418 g/mol. The second-order valence-corrected chi connectivity index (χ2v) is 8.11. The van der Waals surface area contributed by atoms with E-state index < -0.39 is 23.4 Å². The lowest BCUT2D eigenvalue weighted by Gasteiger charge is -2.30. The van der Waals surface area contributed by atoms with Crippen molar-refractivity contribution in [2.24, 2.45) is 11.3 Å². The highest BCUT2D eigenvalue weighted by atomic mass is 79.9. The van der Waals surface area contributed by atoms with E-state index >= 15 is 0 Å². The van der Waals surface area contributed by atoms with Crippen LogP contribution < -0.4 is 0 Å². The molecule has 6 heteroatoms. The summed E-state index contributed by atoms with van der Waals surface area (Å²) in [6, 6.07) is 12.8. The Bertz CT molecular complexity index is 971. The standard InChI is InChI=1S/C21H15BrN4O/c22-16-6-4-14(5-7-16)18-19(20(27)15-2-3-15)26-10-13(9-23)1-8-17(26)21(18,11-24)12-25/h1,4-8,10,15,17-19H,2-3H2/t17-,18+,19+/m0/s1. The van der Waals surface area contributed by atoms with Crippen LogP contribution in [-0.2, 0) is 4.79 Å². The van der Waals surface area contributed by atoms with Gasteiger partial charge in [0.1, 0.15) is 6.07 Å². The van der Waals surface area contributed by atoms with E-state index in [1.54, 1.807) is 23.3 Å². The van der Waals surface area contributed by atoms with Gasteiger partial charge in [-0.1, -0.05) is 34.1 Å². The molecule has 0 radical (unpaired) electrons. The Morgan fingerprint density at radius 3 is 2.37 bits per heavy atom. The predicted octanol–water partition coefficient (Wildman–Crippen LogP) is 3.58. The van der Waals surface area contributed by atoms with Crippen molar-refractivity contribution in [2.45, 2.75) is 30.8 Å². The van der Waals surface area contributed by atoms with Gasteiger partial charge in [-0.15, -0.1) is 0 Å². The van der Waals surface area contributed by atoms with Gasteiger partial charge in [0.2, 0.25) is 0 Å². The first-order chi connectivity index (χ1) is 13.1. The summed E-state index contributed by atoms with van der Waals surface area (Å²) in [5.41, 5.74) is -0.201. The molecule has 0 N–H and O–H groups in total. The second-order valence-electron chi connectivity index (χ2n) is 7.19. The fourth-order valence-corrected chi connectivity index (χ4v) is 4.49. The molecule has 0 amide bonds. The topological polar surface area (TPSA) is 91.7 Å². The molecule has 1 aromatic carbocycles. The van der Waals surface area contributed by atoms with E-state index in [4.69, 9.17) is 0 Å². The number of hydrogen-bond donors (Lipinski definition) is 0. The number of hydrogen-bond acceptors (Lipinski definition) is 5. The predicted molar refractivity (Wildman–Crippen MR) is 101 cm³/mol. The maximum Gasteiger partial charge on any atom is 0.176 e. The molecule has 3 atom stereocenters. The van der Waals surface area contributed by atoms with Crippen LogP contribution >= 0.6 is 15.9 Å². The smallest absolute Gasteiger partial charge is 0.176 e. The molecule has 1 aromatic rings. The maximum atomic E-state index is 13.2. The number of carbonyl (C=O) groups is 1. The second kappa shape index (κ2) is 6.38. The van der Waals surface area contributed by atoms with Gasteiger partial charge in [0.15, 0.2) is 11.2 Å². The average molecular weight is 419 g/mol. The van der Waals surface area contributed by atoms with Gasteiger partial charge in [-0.3, -0.25) is 4.79 Å². The molecule has 132 valence electrons. The maximum absolute atomic E-state index is 13.2. The van der Waals surface area contributed by atoms with E-state index in [1.165, 1.54) is 0 Å². The van der Waals surface area contributed by atoms with Gasteiger partial charge in [-0.2, -0.15) is 15.8 Å². The van der Waals surface area contributed by atoms with Crippen molar-refractivity contribution < 1.29 is 4.79 Å². The Morgan fingerprint density at radius 2 is 1.81 bits per heavy atom. The highest BCUT2D eigenvalue weighted by Crippen LogP contribution is 2.54. The molecule has 2 heterocycles. The summed E-state index contributed by atoms with van der Waals surface area (Å²) in [4.78, 5) is 15.0. The molecule has 1 aliphatic carbocycles. The van der Waals surface area contributed by atoms with Gasteiger partial charge >= 0.3 is 0 Å². The number of fused-ring (bicyclic) bond motifs is 1. The molecular formula is C21H15BrN4O. The van der Waals surface area contributed by atoms with Crippen molar-refractivity contribution in [1.82, 2.24) is 4.90 Å². The van der Waals surface area contributed by atoms with Crippen LogP contribution in [0.2, 0.25) is 0 Å². The number of rotatable bonds is 3. The lowest BCUT2D eigenvalue weighted by atomic mass is 9.69. The molecule has 3 aliphatic rings. The Labute approximate surface area is 165 Å². The van der Waals surface area contributed by atoms with E-state index in [2.05, 4.69) is 34.1 Å². The molecule has 27 heavy (non-hydrogen) atoms. The molecule has 0 bridgehead atoms. The molecule has 2 fully saturated rings. The Morgan fingerprint density at radius 1 is 1.15 bits per heavy atom. The fourth-order valence-electron chi connectivity index (χ4n) is 4.22. The van der Waals surface area contributed by atoms with E-state index in [-0.39, 0.29) is 11.7 Å². The van der Waals surface area contributed by atoms with Crippen LogP contribution in [-0.4, -0.2) is 22.8 Å². The third-order valence-electron chi connectivity index (χ3n) is 5.66. The summed E-state index contributed by atoms with van der Waals surface area (Å²) in [5.74, 6) is -0.548. The number of carbonyl (C=O) groups excluding carboxylic acids is 1. The van der Waals surface area contributed by atoms with Crippen LogP contribution in [0.15, 0.2) is 52.7 Å². The number of nitrogens with zero attached hydrogens (tertiary/aromatic N) is 4. The summed E-state index contributed by atoms with van der Waals surface area (Å²) >= 11 is 3.41. The normalized spacial score (nSPS) is 27.7. The van der Waals surface area contributed by atoms with Crippen molar-refractivity contribution in [1.29, 1.82) is 15.8 Å². The number of nitriles is 3. The number of Topliss-reactive ketones (excluding diaryl/α,β-unsaturated/α-hetero) is 1. The van der Waals surface area contributed by atoms with Crippen molar-refractivity contribution in [3.63, 3.8) is 0 Å². The van der Waals surface area contributed by atoms with Crippen LogP contribution in [0.5, 0.6) is 0 Å². The molecule has 0 spiro atoms. The highest BCUT2D eigenvalue weighted by molar-refractivity contribution is 9.10. The summed E-state index contributed by atoms with van der Waals surface area (Å²) in [6.07, 6.45) is 6.68. The van der Waals surface area contributed by atoms with E-state index in [0.29, 0.717) is 5.57 Å². The lowest BCUT2D eigenvalue weighted by Crippen LogP contribution is -2.40. The summed E-state index contributed by atoms with van der Waals surface area (Å²) in [5, 5.41) is 29.5. The first-order valence-electron chi connectivity index (χ1n) is 8.75. The minimum atomic E-state index is -1.41. The van der Waals surface area contributed by atoms with Crippen molar-refractivity contribution in [3.8, 4) is 18.2 Å². The first-order valence-corrected chi connectivity index (χ1v) is 9.54. The molecule has 1 saturated heterocycles. The molecule has 5 nitrogen and oxygen atoms in total.